The molecule has 0 aromatic heterocycles. The fourth-order valence-corrected chi connectivity index (χ4v) is 7.04. The summed E-state index contributed by atoms with van der Waals surface area (Å²) < 4.78 is 0. The highest BCUT2D eigenvalue weighted by Gasteiger charge is 2.53. The lowest BCUT2D eigenvalue weighted by Gasteiger charge is -2.61. The molecule has 150 valence electrons. The van der Waals surface area contributed by atoms with E-state index >= 15 is 0 Å². The second kappa shape index (κ2) is 6.71. The van der Waals surface area contributed by atoms with Crippen LogP contribution in [0.2, 0.25) is 0 Å². The molecule has 1 saturated heterocycles. The first-order valence-electron chi connectivity index (χ1n) is 10.6. The number of benzene rings is 1. The Morgan fingerprint density at radius 3 is 1.93 bits per heavy atom. The number of rotatable bonds is 3. The van der Waals surface area contributed by atoms with Gasteiger partial charge in [0.2, 0.25) is 0 Å². The van der Waals surface area contributed by atoms with Crippen molar-refractivity contribution in [1.82, 2.24) is 4.90 Å². The number of nitro groups is 1. The van der Waals surface area contributed by atoms with Gasteiger partial charge >= 0.3 is 0 Å². The number of nitriles is 2. The number of hydrogen-bond acceptors (Lipinski definition) is 6. The van der Waals surface area contributed by atoms with Crippen LogP contribution in [0.15, 0.2) is 12.1 Å². The molecule has 1 heterocycles. The van der Waals surface area contributed by atoms with E-state index in [2.05, 4.69) is 4.90 Å². The monoisotopic (exact) mass is 391 g/mol. The van der Waals surface area contributed by atoms with Crippen molar-refractivity contribution in [3.8, 4) is 12.1 Å². The van der Waals surface area contributed by atoms with Gasteiger partial charge in [-0.15, -0.1) is 0 Å². The highest BCUT2D eigenvalue weighted by molar-refractivity contribution is 5.70. The molecule has 0 N–H and O–H groups in total. The third-order valence-corrected chi connectivity index (χ3v) is 7.85. The molecule has 1 aromatic rings. The Labute approximate surface area is 170 Å². The molecule has 0 radical (unpaired) electrons. The highest BCUT2D eigenvalue weighted by Crippen LogP contribution is 2.58. The first-order chi connectivity index (χ1) is 14.0. The molecule has 6 rings (SSSR count). The standard InChI is InChI=1S/C22H25N5O2/c23-13-18-8-20(21(27(28)29)9-19(18)14-24)25-1-3-26(4-2-25)22-10-15-5-16(11-22)7-17(6-15)12-22/h8-9,15-17H,1-7,10-12H2. The third-order valence-electron chi connectivity index (χ3n) is 7.85. The largest absolute Gasteiger partial charge is 0.363 e. The second-order valence-electron chi connectivity index (χ2n) is 9.48. The van der Waals surface area contributed by atoms with Crippen molar-refractivity contribution in [2.45, 2.75) is 44.1 Å². The molecule has 29 heavy (non-hydrogen) atoms. The molecule has 5 aliphatic rings. The molecule has 7 nitrogen and oxygen atoms in total. The van der Waals surface area contributed by atoms with Crippen molar-refractivity contribution >= 4 is 11.4 Å². The maximum Gasteiger partial charge on any atom is 0.293 e. The Morgan fingerprint density at radius 2 is 1.45 bits per heavy atom. The third kappa shape index (κ3) is 2.96. The van der Waals surface area contributed by atoms with Gasteiger partial charge in [0.05, 0.1) is 16.1 Å². The molecule has 4 bridgehead atoms. The molecular weight excluding hydrogens is 366 g/mol. The predicted molar refractivity (Wildman–Crippen MR) is 107 cm³/mol. The summed E-state index contributed by atoms with van der Waals surface area (Å²) in [7, 11) is 0. The minimum atomic E-state index is -0.442. The van der Waals surface area contributed by atoms with Crippen molar-refractivity contribution in [2.75, 3.05) is 31.1 Å². The summed E-state index contributed by atoms with van der Waals surface area (Å²) in [5.41, 5.74) is 1.01. The molecule has 5 fully saturated rings. The van der Waals surface area contributed by atoms with Gasteiger partial charge in [-0.1, -0.05) is 0 Å². The number of anilines is 1. The first kappa shape index (κ1) is 18.4. The minimum absolute atomic E-state index is 0.0650. The van der Waals surface area contributed by atoms with Gasteiger partial charge < -0.3 is 4.90 Å². The normalized spacial score (nSPS) is 33.3. The van der Waals surface area contributed by atoms with Crippen LogP contribution in [0, 0.1) is 50.5 Å². The van der Waals surface area contributed by atoms with Gasteiger partial charge in [-0.05, 0) is 62.3 Å². The first-order valence-corrected chi connectivity index (χ1v) is 10.6. The van der Waals surface area contributed by atoms with Crippen LogP contribution in [0.3, 0.4) is 0 Å². The predicted octanol–water partition coefficient (Wildman–Crippen LogP) is 3.43. The fourth-order valence-electron chi connectivity index (χ4n) is 7.04. The van der Waals surface area contributed by atoms with E-state index < -0.39 is 4.92 Å². The quantitative estimate of drug-likeness (QED) is 0.578. The topological polar surface area (TPSA) is 97.2 Å². The van der Waals surface area contributed by atoms with E-state index in [0.717, 1.165) is 43.9 Å². The Kier molecular flexibility index (Phi) is 4.26. The zero-order valence-electron chi connectivity index (χ0n) is 16.5. The lowest BCUT2D eigenvalue weighted by atomic mass is 9.52. The summed E-state index contributed by atoms with van der Waals surface area (Å²) in [6.07, 6.45) is 8.26. The SMILES string of the molecule is N#Cc1cc(N2CCN(C34CC5CC(CC(C5)C3)C4)CC2)c([N+](=O)[O-])cc1C#N. The molecular formula is C22H25N5O2. The summed E-state index contributed by atoms with van der Waals surface area (Å²) in [5, 5.41) is 30.1. The molecule has 0 atom stereocenters. The summed E-state index contributed by atoms with van der Waals surface area (Å²) in [4.78, 5) is 15.9. The van der Waals surface area contributed by atoms with E-state index in [1.54, 1.807) is 0 Å². The van der Waals surface area contributed by atoms with Gasteiger partial charge in [0.1, 0.15) is 17.8 Å². The van der Waals surface area contributed by atoms with Gasteiger partial charge in [-0.25, -0.2) is 0 Å². The Balaban J connectivity index is 1.37. The minimum Gasteiger partial charge on any atom is -0.363 e. The number of nitro benzene ring substituents is 1. The van der Waals surface area contributed by atoms with E-state index in [-0.39, 0.29) is 16.8 Å². The average Bonchev–Trinajstić information content (AvgIpc) is 2.71. The van der Waals surface area contributed by atoms with Crippen LogP contribution >= 0.6 is 0 Å². The van der Waals surface area contributed by atoms with Crippen LogP contribution < -0.4 is 4.90 Å². The van der Waals surface area contributed by atoms with Crippen LogP contribution in [0.1, 0.15) is 49.7 Å². The summed E-state index contributed by atoms with van der Waals surface area (Å²) in [5.74, 6) is 2.70. The molecule has 4 aliphatic carbocycles. The maximum absolute atomic E-state index is 11.6. The smallest absolute Gasteiger partial charge is 0.293 e. The highest BCUT2D eigenvalue weighted by atomic mass is 16.6. The number of nitrogens with zero attached hydrogens (tertiary/aromatic N) is 5. The van der Waals surface area contributed by atoms with Crippen molar-refractivity contribution in [3.63, 3.8) is 0 Å². The van der Waals surface area contributed by atoms with Crippen LogP contribution in [0.25, 0.3) is 0 Å². The van der Waals surface area contributed by atoms with Gasteiger partial charge in [-0.3, -0.25) is 15.0 Å². The van der Waals surface area contributed by atoms with Crippen LogP contribution in [-0.2, 0) is 0 Å². The lowest BCUT2D eigenvalue weighted by Crippen LogP contribution is -2.64. The van der Waals surface area contributed by atoms with Gasteiger partial charge in [0, 0.05) is 37.8 Å². The Morgan fingerprint density at radius 1 is 0.931 bits per heavy atom. The number of hydrogen-bond donors (Lipinski definition) is 0. The van der Waals surface area contributed by atoms with Crippen LogP contribution in [0.5, 0.6) is 0 Å². The second-order valence-corrected chi connectivity index (χ2v) is 9.48. The van der Waals surface area contributed by atoms with Gasteiger partial charge in [0.15, 0.2) is 0 Å². The van der Waals surface area contributed by atoms with Crippen molar-refractivity contribution in [3.05, 3.63) is 33.4 Å². The van der Waals surface area contributed by atoms with Gasteiger partial charge in [0.25, 0.3) is 5.69 Å². The summed E-state index contributed by atoms with van der Waals surface area (Å²) >= 11 is 0. The maximum atomic E-state index is 11.6. The lowest BCUT2D eigenvalue weighted by molar-refractivity contribution is -0.384. The molecule has 7 heteroatoms. The van der Waals surface area contributed by atoms with Crippen molar-refractivity contribution in [1.29, 1.82) is 10.5 Å². The van der Waals surface area contributed by atoms with E-state index in [4.69, 9.17) is 0 Å². The zero-order valence-corrected chi connectivity index (χ0v) is 16.5. The zero-order chi connectivity index (χ0) is 20.2. The summed E-state index contributed by atoms with van der Waals surface area (Å²) in [6, 6.07) is 6.68. The van der Waals surface area contributed by atoms with E-state index in [9.17, 15) is 20.6 Å². The Hall–Kier alpha value is -2.64. The molecule has 1 aliphatic heterocycles. The molecule has 1 aromatic carbocycles. The number of piperazine rings is 1. The Bertz CT molecular complexity index is 900. The van der Waals surface area contributed by atoms with Crippen LogP contribution in [0.4, 0.5) is 11.4 Å². The van der Waals surface area contributed by atoms with Crippen molar-refractivity contribution in [2.24, 2.45) is 17.8 Å². The van der Waals surface area contributed by atoms with E-state index in [0.29, 0.717) is 11.2 Å². The summed E-state index contributed by atoms with van der Waals surface area (Å²) in [6.45, 7) is 3.26. The van der Waals surface area contributed by atoms with Crippen molar-refractivity contribution < 1.29 is 4.92 Å². The van der Waals surface area contributed by atoms with Gasteiger partial charge in [-0.2, -0.15) is 10.5 Å². The fraction of sp³-hybridized carbons (Fsp3) is 0.636. The van der Waals surface area contributed by atoms with E-state index in [1.165, 1.54) is 50.7 Å². The van der Waals surface area contributed by atoms with Crippen LogP contribution in [-0.4, -0.2) is 41.5 Å². The molecule has 0 amide bonds. The molecule has 0 spiro atoms. The average molecular weight is 391 g/mol. The molecule has 4 saturated carbocycles. The molecule has 0 unspecified atom stereocenters. The van der Waals surface area contributed by atoms with E-state index in [1.807, 2.05) is 17.0 Å².